The highest BCUT2D eigenvalue weighted by molar-refractivity contribution is 7.15. The van der Waals surface area contributed by atoms with Crippen LogP contribution in [0.1, 0.15) is 44.1 Å². The van der Waals surface area contributed by atoms with Crippen LogP contribution >= 0.6 is 22.9 Å². The molecule has 0 bridgehead atoms. The Morgan fingerprint density at radius 2 is 2.00 bits per heavy atom. The fourth-order valence-electron chi connectivity index (χ4n) is 3.65. The monoisotopic (exact) mass is 423 g/mol. The molecule has 0 aliphatic carbocycles. The van der Waals surface area contributed by atoms with Crippen molar-refractivity contribution in [2.75, 3.05) is 13.1 Å². The SMILES string of the molecule is CC(C)(C)C1CCCN(Cc2ccc(-c3cc(Cl)ccc3CO)s2)C1.O=CO. The Hall–Kier alpha value is -1.40. The average molecular weight is 424 g/mol. The molecule has 0 radical (unpaired) electrons. The van der Waals surface area contributed by atoms with E-state index in [0.29, 0.717) is 10.4 Å². The van der Waals surface area contributed by atoms with E-state index in [1.54, 1.807) is 0 Å². The molecule has 1 saturated heterocycles. The number of carboxylic acid groups (broad SMARTS) is 1. The Labute approximate surface area is 176 Å². The predicted molar refractivity (Wildman–Crippen MR) is 117 cm³/mol. The Morgan fingerprint density at radius 3 is 2.64 bits per heavy atom. The summed E-state index contributed by atoms with van der Waals surface area (Å²) in [7, 11) is 0. The summed E-state index contributed by atoms with van der Waals surface area (Å²) in [6, 6.07) is 10.1. The summed E-state index contributed by atoms with van der Waals surface area (Å²) in [5.41, 5.74) is 2.37. The third kappa shape index (κ3) is 6.31. The Balaban J connectivity index is 0.000000878. The van der Waals surface area contributed by atoms with Gasteiger partial charge in [0.05, 0.1) is 6.61 Å². The smallest absolute Gasteiger partial charge is 0.290 e. The number of hydrogen-bond donors (Lipinski definition) is 2. The van der Waals surface area contributed by atoms with Gasteiger partial charge in [-0.3, -0.25) is 9.69 Å². The largest absolute Gasteiger partial charge is 0.483 e. The summed E-state index contributed by atoms with van der Waals surface area (Å²) in [5, 5.41) is 17.2. The van der Waals surface area contributed by atoms with Gasteiger partial charge in [-0.05, 0) is 66.1 Å². The van der Waals surface area contributed by atoms with Gasteiger partial charge in [0.1, 0.15) is 0 Å². The lowest BCUT2D eigenvalue weighted by atomic mass is 9.76. The number of halogens is 1. The zero-order valence-electron chi connectivity index (χ0n) is 16.8. The lowest BCUT2D eigenvalue weighted by Gasteiger charge is -2.39. The van der Waals surface area contributed by atoms with Gasteiger partial charge < -0.3 is 10.2 Å². The Kier molecular flexibility index (Phi) is 8.50. The highest BCUT2D eigenvalue weighted by Crippen LogP contribution is 2.36. The minimum atomic E-state index is -0.250. The fraction of sp³-hybridized carbons (Fsp3) is 0.500. The van der Waals surface area contributed by atoms with Crippen molar-refractivity contribution < 1.29 is 15.0 Å². The molecule has 3 rings (SSSR count). The van der Waals surface area contributed by atoms with Crippen LogP contribution in [-0.2, 0) is 17.9 Å². The molecule has 1 atom stereocenters. The molecule has 0 saturated carbocycles. The van der Waals surface area contributed by atoms with Gasteiger partial charge in [-0.1, -0.05) is 38.4 Å². The maximum absolute atomic E-state index is 9.60. The summed E-state index contributed by atoms with van der Waals surface area (Å²) in [6.07, 6.45) is 2.64. The summed E-state index contributed by atoms with van der Waals surface area (Å²) in [4.78, 5) is 13.5. The Morgan fingerprint density at radius 1 is 1.29 bits per heavy atom. The molecule has 2 N–H and O–H groups in total. The molecule has 1 aliphatic heterocycles. The molecule has 2 aromatic rings. The first-order valence-corrected chi connectivity index (χ1v) is 10.8. The van der Waals surface area contributed by atoms with Crippen molar-refractivity contribution >= 4 is 29.4 Å². The number of likely N-dealkylation sites (tertiary alicyclic amines) is 1. The minimum absolute atomic E-state index is 0.0408. The number of aliphatic hydroxyl groups is 1. The molecule has 6 heteroatoms. The second kappa shape index (κ2) is 10.4. The van der Waals surface area contributed by atoms with Crippen LogP contribution in [0.3, 0.4) is 0 Å². The predicted octanol–water partition coefficient (Wildman–Crippen LogP) is 5.52. The van der Waals surface area contributed by atoms with Gasteiger partial charge in [0.2, 0.25) is 0 Å². The van der Waals surface area contributed by atoms with Crippen LogP contribution < -0.4 is 0 Å². The third-order valence-electron chi connectivity index (χ3n) is 5.28. The zero-order chi connectivity index (χ0) is 20.7. The first-order valence-electron chi connectivity index (χ1n) is 9.57. The van der Waals surface area contributed by atoms with Crippen molar-refractivity contribution in [1.29, 1.82) is 0 Å². The van der Waals surface area contributed by atoms with Crippen molar-refractivity contribution in [2.45, 2.75) is 46.8 Å². The number of benzene rings is 1. The average Bonchev–Trinajstić information content (AvgIpc) is 3.10. The van der Waals surface area contributed by atoms with E-state index in [0.717, 1.165) is 23.6 Å². The third-order valence-corrected chi connectivity index (χ3v) is 6.62. The van der Waals surface area contributed by atoms with E-state index in [1.165, 1.54) is 35.7 Å². The molecule has 154 valence electrons. The summed E-state index contributed by atoms with van der Waals surface area (Å²) in [5.74, 6) is 0.773. The fourth-order valence-corrected chi connectivity index (χ4v) is 4.92. The maximum atomic E-state index is 9.60. The molecule has 0 spiro atoms. The molecule has 4 nitrogen and oxygen atoms in total. The first kappa shape index (κ1) is 22.9. The Bertz CT molecular complexity index is 769. The van der Waals surface area contributed by atoms with Crippen molar-refractivity contribution in [2.24, 2.45) is 11.3 Å². The van der Waals surface area contributed by atoms with Gasteiger partial charge >= 0.3 is 0 Å². The lowest BCUT2D eigenvalue weighted by Crippen LogP contribution is -2.39. The standard InChI is InChI=1S/C21H28ClNOS.CH2O2/c1-21(2,3)16-5-4-10-23(12-16)13-18-8-9-20(25-18)19-11-17(22)7-6-15(19)14-24;2-1-3/h6-9,11,16,24H,4-5,10,12-14H2,1-3H3;1H,(H,2,3). The van der Waals surface area contributed by atoms with Gasteiger partial charge in [0, 0.05) is 27.9 Å². The van der Waals surface area contributed by atoms with E-state index in [-0.39, 0.29) is 13.1 Å². The zero-order valence-corrected chi connectivity index (χ0v) is 18.4. The molecule has 1 aliphatic rings. The second-order valence-electron chi connectivity index (χ2n) is 8.27. The van der Waals surface area contributed by atoms with Crippen LogP contribution in [0.4, 0.5) is 0 Å². The molecule has 1 unspecified atom stereocenters. The number of carbonyl (C=O) groups is 1. The van der Waals surface area contributed by atoms with E-state index in [4.69, 9.17) is 21.5 Å². The summed E-state index contributed by atoms with van der Waals surface area (Å²) < 4.78 is 0. The highest BCUT2D eigenvalue weighted by atomic mass is 35.5. The van der Waals surface area contributed by atoms with E-state index in [1.807, 2.05) is 29.5 Å². The number of thiophene rings is 1. The normalized spacial score (nSPS) is 17.7. The summed E-state index contributed by atoms with van der Waals surface area (Å²) >= 11 is 7.97. The number of nitrogens with zero attached hydrogens (tertiary/aromatic N) is 1. The maximum Gasteiger partial charge on any atom is 0.290 e. The van der Waals surface area contributed by atoms with Gasteiger partial charge in [-0.15, -0.1) is 11.3 Å². The molecule has 1 aromatic carbocycles. The topological polar surface area (TPSA) is 60.8 Å². The van der Waals surface area contributed by atoms with Crippen molar-refractivity contribution in [3.8, 4) is 10.4 Å². The van der Waals surface area contributed by atoms with Gasteiger partial charge in [-0.25, -0.2) is 0 Å². The second-order valence-corrected chi connectivity index (χ2v) is 9.88. The highest BCUT2D eigenvalue weighted by Gasteiger charge is 2.29. The van der Waals surface area contributed by atoms with E-state index < -0.39 is 0 Å². The van der Waals surface area contributed by atoms with Crippen molar-refractivity contribution in [3.05, 3.63) is 45.8 Å². The van der Waals surface area contributed by atoms with Crippen LogP contribution in [-0.4, -0.2) is 34.7 Å². The molecule has 1 aromatic heterocycles. The number of piperidine rings is 1. The van der Waals surface area contributed by atoms with Crippen LogP contribution in [0.25, 0.3) is 10.4 Å². The molecule has 0 amide bonds. The minimum Gasteiger partial charge on any atom is -0.483 e. The van der Waals surface area contributed by atoms with Crippen LogP contribution in [0.15, 0.2) is 30.3 Å². The number of aliphatic hydroxyl groups excluding tert-OH is 1. The van der Waals surface area contributed by atoms with Crippen molar-refractivity contribution in [1.82, 2.24) is 4.90 Å². The van der Waals surface area contributed by atoms with Crippen LogP contribution in [0, 0.1) is 11.3 Å². The van der Waals surface area contributed by atoms with Gasteiger partial charge in [0.15, 0.2) is 0 Å². The molecular weight excluding hydrogens is 394 g/mol. The van der Waals surface area contributed by atoms with E-state index >= 15 is 0 Å². The molecular formula is C22H30ClNO3S. The van der Waals surface area contributed by atoms with Crippen LogP contribution in [0.5, 0.6) is 0 Å². The number of rotatable bonds is 4. The van der Waals surface area contributed by atoms with E-state index in [9.17, 15) is 5.11 Å². The first-order chi connectivity index (χ1) is 13.3. The quantitative estimate of drug-likeness (QED) is 0.635. The van der Waals surface area contributed by atoms with Gasteiger partial charge in [-0.2, -0.15) is 0 Å². The molecule has 1 fully saturated rings. The van der Waals surface area contributed by atoms with Gasteiger partial charge in [0.25, 0.3) is 6.47 Å². The lowest BCUT2D eigenvalue weighted by molar-refractivity contribution is -0.122. The molecule has 28 heavy (non-hydrogen) atoms. The summed E-state index contributed by atoms with van der Waals surface area (Å²) in [6.45, 7) is 10.3. The molecule has 2 heterocycles. The van der Waals surface area contributed by atoms with Crippen LogP contribution in [0.2, 0.25) is 5.02 Å². The van der Waals surface area contributed by atoms with E-state index in [2.05, 4.69) is 37.8 Å². The number of hydrogen-bond acceptors (Lipinski definition) is 4. The van der Waals surface area contributed by atoms with Crippen molar-refractivity contribution in [3.63, 3.8) is 0 Å².